The quantitative estimate of drug-likeness (QED) is 0.795. The van der Waals surface area contributed by atoms with Crippen molar-refractivity contribution in [2.45, 2.75) is 20.0 Å². The summed E-state index contributed by atoms with van der Waals surface area (Å²) in [6.45, 7) is 1.77. The van der Waals surface area contributed by atoms with E-state index in [0.717, 1.165) is 12.1 Å². The number of hydrogen-bond acceptors (Lipinski definition) is 3. The van der Waals surface area contributed by atoms with Gasteiger partial charge in [-0.25, -0.2) is 8.78 Å². The standard InChI is InChI=1S/C14H13ClF2N2O2/c1-3-11-13(15)12(19(2)18-11)7-21-14-9(16)4-8(6-20)5-10(14)17/h4-6H,3,7H2,1-2H3. The van der Waals surface area contributed by atoms with Crippen LogP contribution in [0.15, 0.2) is 12.1 Å². The summed E-state index contributed by atoms with van der Waals surface area (Å²) in [6, 6.07) is 1.82. The van der Waals surface area contributed by atoms with Gasteiger partial charge in [-0.3, -0.25) is 9.48 Å². The van der Waals surface area contributed by atoms with Crippen molar-refractivity contribution in [3.63, 3.8) is 0 Å². The lowest BCUT2D eigenvalue weighted by Gasteiger charge is -2.09. The third kappa shape index (κ3) is 3.05. The average Bonchev–Trinajstić information content (AvgIpc) is 2.72. The fraction of sp³-hybridized carbons (Fsp3) is 0.286. The number of rotatable bonds is 5. The molecular weight excluding hydrogens is 302 g/mol. The summed E-state index contributed by atoms with van der Waals surface area (Å²) in [4.78, 5) is 10.5. The Hall–Kier alpha value is -1.95. The molecule has 0 aliphatic heterocycles. The fourth-order valence-electron chi connectivity index (χ4n) is 1.90. The van der Waals surface area contributed by atoms with Crippen LogP contribution in [0.3, 0.4) is 0 Å². The lowest BCUT2D eigenvalue weighted by atomic mass is 10.2. The SMILES string of the molecule is CCc1nn(C)c(COc2c(F)cc(C=O)cc2F)c1Cl. The average molecular weight is 315 g/mol. The van der Waals surface area contributed by atoms with Gasteiger partial charge >= 0.3 is 0 Å². The fourth-order valence-corrected chi connectivity index (χ4v) is 2.25. The maximum absolute atomic E-state index is 13.7. The largest absolute Gasteiger partial charge is 0.481 e. The van der Waals surface area contributed by atoms with Crippen LogP contribution in [0.25, 0.3) is 0 Å². The van der Waals surface area contributed by atoms with E-state index in [1.807, 2.05) is 6.92 Å². The van der Waals surface area contributed by atoms with Crippen molar-refractivity contribution in [2.24, 2.45) is 7.05 Å². The van der Waals surface area contributed by atoms with E-state index in [1.165, 1.54) is 4.68 Å². The van der Waals surface area contributed by atoms with Crippen molar-refractivity contribution in [3.8, 4) is 5.75 Å². The zero-order chi connectivity index (χ0) is 15.6. The monoisotopic (exact) mass is 314 g/mol. The van der Waals surface area contributed by atoms with Crippen molar-refractivity contribution < 1.29 is 18.3 Å². The molecule has 0 radical (unpaired) electrons. The van der Waals surface area contributed by atoms with Crippen LogP contribution in [0.1, 0.15) is 28.7 Å². The molecule has 0 spiro atoms. The summed E-state index contributed by atoms with van der Waals surface area (Å²) in [7, 11) is 1.67. The first kappa shape index (κ1) is 15.4. The van der Waals surface area contributed by atoms with Crippen molar-refractivity contribution >= 4 is 17.9 Å². The van der Waals surface area contributed by atoms with Crippen LogP contribution >= 0.6 is 11.6 Å². The molecular formula is C14H13ClF2N2O2. The highest BCUT2D eigenvalue weighted by Crippen LogP contribution is 2.26. The topological polar surface area (TPSA) is 44.1 Å². The Bertz CT molecular complexity index is 663. The summed E-state index contributed by atoms with van der Waals surface area (Å²) in [5.74, 6) is -2.42. The molecule has 0 atom stereocenters. The second-order valence-electron chi connectivity index (χ2n) is 4.40. The van der Waals surface area contributed by atoms with Crippen molar-refractivity contribution in [3.05, 3.63) is 45.7 Å². The minimum atomic E-state index is -0.939. The molecule has 1 heterocycles. The lowest BCUT2D eigenvalue weighted by molar-refractivity contribution is 0.112. The maximum atomic E-state index is 13.7. The van der Waals surface area contributed by atoms with Crippen LogP contribution in [0.2, 0.25) is 5.02 Å². The Morgan fingerprint density at radius 3 is 2.48 bits per heavy atom. The van der Waals surface area contributed by atoms with E-state index in [-0.39, 0.29) is 12.2 Å². The van der Waals surface area contributed by atoms with Crippen molar-refractivity contribution in [1.29, 1.82) is 0 Å². The predicted molar refractivity (Wildman–Crippen MR) is 73.7 cm³/mol. The normalized spacial score (nSPS) is 10.7. The second kappa shape index (κ2) is 6.22. The zero-order valence-electron chi connectivity index (χ0n) is 11.5. The Balaban J connectivity index is 2.25. The highest BCUT2D eigenvalue weighted by molar-refractivity contribution is 6.31. The summed E-state index contributed by atoms with van der Waals surface area (Å²) in [6.07, 6.45) is 1.00. The third-order valence-corrected chi connectivity index (χ3v) is 3.45. The van der Waals surface area contributed by atoms with Crippen molar-refractivity contribution in [2.75, 3.05) is 0 Å². The van der Waals surface area contributed by atoms with E-state index in [0.29, 0.717) is 29.1 Å². The van der Waals surface area contributed by atoms with E-state index in [2.05, 4.69) is 5.10 Å². The molecule has 112 valence electrons. The molecule has 0 saturated heterocycles. The van der Waals surface area contributed by atoms with Gasteiger partial charge in [0.15, 0.2) is 17.4 Å². The molecule has 1 aromatic carbocycles. The Morgan fingerprint density at radius 1 is 1.38 bits per heavy atom. The Labute approximate surface area is 125 Å². The van der Waals surface area contributed by atoms with Gasteiger partial charge in [0.05, 0.1) is 16.4 Å². The number of carbonyl (C=O) groups is 1. The summed E-state index contributed by atoms with van der Waals surface area (Å²) in [5.41, 5.74) is 1.12. The van der Waals surface area contributed by atoms with Gasteiger partial charge in [0.1, 0.15) is 12.9 Å². The maximum Gasteiger partial charge on any atom is 0.191 e. The number of ether oxygens (including phenoxy) is 1. The molecule has 0 fully saturated rings. The minimum Gasteiger partial charge on any atom is -0.481 e. The minimum absolute atomic E-state index is 0.0933. The molecule has 7 heteroatoms. The lowest BCUT2D eigenvalue weighted by Crippen LogP contribution is -2.06. The van der Waals surface area contributed by atoms with Gasteiger partial charge in [-0.2, -0.15) is 5.10 Å². The molecule has 1 aromatic heterocycles. The van der Waals surface area contributed by atoms with Gasteiger partial charge in [0, 0.05) is 12.6 Å². The molecule has 0 saturated carbocycles. The molecule has 4 nitrogen and oxygen atoms in total. The highest BCUT2D eigenvalue weighted by atomic mass is 35.5. The predicted octanol–water partition coefficient (Wildman–Crippen LogP) is 3.31. The number of carbonyl (C=O) groups excluding carboxylic acids is 1. The number of benzene rings is 1. The van der Waals surface area contributed by atoms with E-state index in [1.54, 1.807) is 7.05 Å². The number of nitrogens with zero attached hydrogens (tertiary/aromatic N) is 2. The molecule has 0 amide bonds. The van der Waals surface area contributed by atoms with Gasteiger partial charge in [0.25, 0.3) is 0 Å². The molecule has 2 aromatic rings. The van der Waals surface area contributed by atoms with E-state index >= 15 is 0 Å². The van der Waals surface area contributed by atoms with Gasteiger partial charge in [-0.1, -0.05) is 18.5 Å². The first-order valence-electron chi connectivity index (χ1n) is 6.25. The number of aryl methyl sites for hydroxylation is 2. The number of aromatic nitrogens is 2. The van der Waals surface area contributed by atoms with E-state index < -0.39 is 17.4 Å². The van der Waals surface area contributed by atoms with Gasteiger partial charge in [0.2, 0.25) is 0 Å². The van der Waals surface area contributed by atoms with E-state index in [9.17, 15) is 13.6 Å². The molecule has 0 aliphatic carbocycles. The molecule has 2 rings (SSSR count). The van der Waals surface area contributed by atoms with Gasteiger partial charge < -0.3 is 4.74 Å². The zero-order valence-corrected chi connectivity index (χ0v) is 12.2. The van der Waals surface area contributed by atoms with Crippen LogP contribution < -0.4 is 4.74 Å². The molecule has 0 aliphatic rings. The second-order valence-corrected chi connectivity index (χ2v) is 4.78. The Morgan fingerprint density at radius 2 is 2.00 bits per heavy atom. The number of aldehydes is 1. The summed E-state index contributed by atoms with van der Waals surface area (Å²) < 4.78 is 34.1. The van der Waals surface area contributed by atoms with E-state index in [4.69, 9.17) is 16.3 Å². The Kier molecular flexibility index (Phi) is 4.57. The molecule has 0 bridgehead atoms. The van der Waals surface area contributed by atoms with Crippen LogP contribution in [-0.4, -0.2) is 16.1 Å². The first-order valence-corrected chi connectivity index (χ1v) is 6.63. The number of halogens is 3. The van der Waals surface area contributed by atoms with Crippen LogP contribution in [0, 0.1) is 11.6 Å². The van der Waals surface area contributed by atoms with Gasteiger partial charge in [-0.05, 0) is 18.6 Å². The summed E-state index contributed by atoms with van der Waals surface area (Å²) in [5, 5.41) is 4.61. The van der Waals surface area contributed by atoms with Gasteiger partial charge in [-0.15, -0.1) is 0 Å². The first-order chi connectivity index (χ1) is 9.97. The van der Waals surface area contributed by atoms with Crippen LogP contribution in [0.5, 0.6) is 5.75 Å². The van der Waals surface area contributed by atoms with Crippen molar-refractivity contribution in [1.82, 2.24) is 9.78 Å². The molecule has 0 N–H and O–H groups in total. The molecule has 21 heavy (non-hydrogen) atoms. The van der Waals surface area contributed by atoms with Crippen LogP contribution in [-0.2, 0) is 20.1 Å². The molecule has 0 unspecified atom stereocenters. The third-order valence-electron chi connectivity index (χ3n) is 3.01. The van der Waals surface area contributed by atoms with Crippen LogP contribution in [0.4, 0.5) is 8.78 Å². The summed E-state index contributed by atoms with van der Waals surface area (Å²) >= 11 is 6.13. The smallest absolute Gasteiger partial charge is 0.191 e. The highest BCUT2D eigenvalue weighted by Gasteiger charge is 2.17. The number of hydrogen-bond donors (Lipinski definition) is 0.